The fourth-order valence-electron chi connectivity index (χ4n) is 2.15. The number of rotatable bonds is 7. The molecule has 0 saturated heterocycles. The number of nitrogens with zero attached hydrogens (tertiary/aromatic N) is 3. The van der Waals surface area contributed by atoms with E-state index in [1.807, 2.05) is 12.4 Å². The molecule has 0 atom stereocenters. The molecule has 2 aromatic rings. The summed E-state index contributed by atoms with van der Waals surface area (Å²) in [4.78, 5) is 5.66. The number of aryl methyl sites for hydroxylation is 4. The van der Waals surface area contributed by atoms with Gasteiger partial charge in [-0.05, 0) is 46.2 Å². The Morgan fingerprint density at radius 2 is 2.11 bits per heavy atom. The average molecular weight is 278 g/mol. The van der Waals surface area contributed by atoms with Gasteiger partial charge in [0.1, 0.15) is 0 Å². The molecule has 0 fully saturated rings. The molecule has 104 valence electrons. The van der Waals surface area contributed by atoms with Crippen molar-refractivity contribution in [2.45, 2.75) is 40.2 Å². The number of thiazole rings is 1. The summed E-state index contributed by atoms with van der Waals surface area (Å²) in [5, 5.41) is 7.95. The second kappa shape index (κ2) is 6.82. The largest absolute Gasteiger partial charge is 0.316 e. The molecule has 0 spiro atoms. The van der Waals surface area contributed by atoms with E-state index >= 15 is 0 Å². The molecule has 0 amide bonds. The van der Waals surface area contributed by atoms with Crippen LogP contribution in [0.4, 0.5) is 0 Å². The van der Waals surface area contributed by atoms with E-state index in [4.69, 9.17) is 0 Å². The third-order valence-electron chi connectivity index (χ3n) is 3.20. The molecule has 2 rings (SSSR count). The smallest absolute Gasteiger partial charge is 0.0797 e. The van der Waals surface area contributed by atoms with Crippen LogP contribution < -0.4 is 5.32 Å². The molecule has 2 aromatic heterocycles. The normalized spacial score (nSPS) is 11.1. The average Bonchev–Trinajstić information content (AvgIpc) is 2.90. The Balaban J connectivity index is 1.60. The highest BCUT2D eigenvalue weighted by atomic mass is 32.1. The van der Waals surface area contributed by atoms with Crippen LogP contribution in [0, 0.1) is 20.8 Å². The van der Waals surface area contributed by atoms with Crippen LogP contribution in [-0.4, -0.2) is 27.9 Å². The second-order valence-electron chi connectivity index (χ2n) is 4.86. The summed E-state index contributed by atoms with van der Waals surface area (Å²) < 4.78 is 2.09. The molecule has 0 aliphatic heterocycles. The Hall–Kier alpha value is -1.20. The molecule has 0 aliphatic carbocycles. The molecule has 0 aromatic carbocycles. The van der Waals surface area contributed by atoms with E-state index in [-0.39, 0.29) is 0 Å². The van der Waals surface area contributed by atoms with E-state index in [1.54, 1.807) is 11.3 Å². The van der Waals surface area contributed by atoms with Gasteiger partial charge in [-0.1, -0.05) is 0 Å². The number of hydrogen-bond acceptors (Lipinski definition) is 4. The maximum Gasteiger partial charge on any atom is 0.0797 e. The van der Waals surface area contributed by atoms with Crippen LogP contribution in [0.1, 0.15) is 28.4 Å². The van der Waals surface area contributed by atoms with Crippen molar-refractivity contribution in [3.05, 3.63) is 33.5 Å². The molecule has 0 unspecified atom stereocenters. The minimum atomic E-state index is 0.992. The Bertz CT molecular complexity index is 515. The van der Waals surface area contributed by atoms with Crippen molar-refractivity contribution in [3.63, 3.8) is 0 Å². The number of nitrogens with one attached hydrogen (secondary N) is 1. The van der Waals surface area contributed by atoms with E-state index in [0.717, 1.165) is 38.2 Å². The molecule has 0 saturated carbocycles. The van der Waals surface area contributed by atoms with Gasteiger partial charge in [-0.2, -0.15) is 5.10 Å². The minimum Gasteiger partial charge on any atom is -0.316 e. The maximum atomic E-state index is 4.46. The van der Waals surface area contributed by atoms with Crippen molar-refractivity contribution in [1.82, 2.24) is 20.1 Å². The summed E-state index contributed by atoms with van der Waals surface area (Å²) >= 11 is 1.75. The van der Waals surface area contributed by atoms with E-state index in [1.165, 1.54) is 16.3 Å². The highest BCUT2D eigenvalue weighted by Gasteiger charge is 2.01. The van der Waals surface area contributed by atoms with Crippen molar-refractivity contribution in [2.75, 3.05) is 13.1 Å². The maximum absolute atomic E-state index is 4.46. The molecule has 1 N–H and O–H groups in total. The predicted molar refractivity (Wildman–Crippen MR) is 79.7 cm³/mol. The minimum absolute atomic E-state index is 0.992. The molecular formula is C14H22N4S. The van der Waals surface area contributed by atoms with Gasteiger partial charge in [0.25, 0.3) is 0 Å². The number of aromatic nitrogens is 3. The Kier molecular flexibility index (Phi) is 5.10. The first kappa shape index (κ1) is 14.2. The lowest BCUT2D eigenvalue weighted by Crippen LogP contribution is -2.20. The van der Waals surface area contributed by atoms with Gasteiger partial charge in [0, 0.05) is 23.7 Å². The highest BCUT2D eigenvalue weighted by Crippen LogP contribution is 2.11. The standard InChI is InChI=1S/C14H22N4S/c1-11-9-12(2)18(17-11)8-4-6-15-7-5-14-13(3)16-10-19-14/h9-10,15H,4-8H2,1-3H3. The van der Waals surface area contributed by atoms with Crippen LogP contribution in [0.5, 0.6) is 0 Å². The summed E-state index contributed by atoms with van der Waals surface area (Å²) in [6.07, 6.45) is 2.19. The van der Waals surface area contributed by atoms with E-state index in [2.05, 4.69) is 40.0 Å². The van der Waals surface area contributed by atoms with Gasteiger partial charge in [-0.15, -0.1) is 11.3 Å². The van der Waals surface area contributed by atoms with Crippen LogP contribution in [0.2, 0.25) is 0 Å². The molecule has 0 aliphatic rings. The van der Waals surface area contributed by atoms with E-state index < -0.39 is 0 Å². The van der Waals surface area contributed by atoms with Gasteiger partial charge >= 0.3 is 0 Å². The number of hydrogen-bond donors (Lipinski definition) is 1. The summed E-state index contributed by atoms with van der Waals surface area (Å²) in [5.41, 5.74) is 5.45. The lowest BCUT2D eigenvalue weighted by atomic mass is 10.3. The first-order valence-corrected chi connectivity index (χ1v) is 7.65. The summed E-state index contributed by atoms with van der Waals surface area (Å²) in [6.45, 7) is 9.29. The second-order valence-corrected chi connectivity index (χ2v) is 5.80. The molecule has 4 nitrogen and oxygen atoms in total. The summed E-state index contributed by atoms with van der Waals surface area (Å²) in [7, 11) is 0. The Morgan fingerprint density at radius 3 is 2.74 bits per heavy atom. The fourth-order valence-corrected chi connectivity index (χ4v) is 2.93. The predicted octanol–water partition coefficient (Wildman–Crippen LogP) is 2.49. The van der Waals surface area contributed by atoms with Crippen molar-refractivity contribution >= 4 is 11.3 Å². The van der Waals surface area contributed by atoms with Crippen LogP contribution in [0.15, 0.2) is 11.6 Å². The zero-order valence-corrected chi connectivity index (χ0v) is 12.8. The van der Waals surface area contributed by atoms with Gasteiger partial charge in [0.15, 0.2) is 0 Å². The van der Waals surface area contributed by atoms with Gasteiger partial charge < -0.3 is 5.32 Å². The van der Waals surface area contributed by atoms with E-state index in [0.29, 0.717) is 0 Å². The lowest BCUT2D eigenvalue weighted by molar-refractivity contribution is 0.533. The first-order chi connectivity index (χ1) is 9.16. The van der Waals surface area contributed by atoms with Gasteiger partial charge in [-0.3, -0.25) is 4.68 Å². The van der Waals surface area contributed by atoms with Crippen molar-refractivity contribution in [1.29, 1.82) is 0 Å². The van der Waals surface area contributed by atoms with Crippen molar-refractivity contribution < 1.29 is 0 Å². The lowest BCUT2D eigenvalue weighted by Gasteiger charge is -2.06. The summed E-state index contributed by atoms with van der Waals surface area (Å²) in [5.74, 6) is 0. The van der Waals surface area contributed by atoms with Gasteiger partial charge in [0.2, 0.25) is 0 Å². The van der Waals surface area contributed by atoms with Gasteiger partial charge in [0.05, 0.1) is 16.9 Å². The van der Waals surface area contributed by atoms with Crippen molar-refractivity contribution in [3.8, 4) is 0 Å². The molecule has 0 bridgehead atoms. The monoisotopic (exact) mass is 278 g/mol. The fraction of sp³-hybridized carbons (Fsp3) is 0.571. The zero-order valence-electron chi connectivity index (χ0n) is 11.9. The van der Waals surface area contributed by atoms with Gasteiger partial charge in [-0.25, -0.2) is 4.98 Å². The third kappa shape index (κ3) is 4.14. The molecule has 5 heteroatoms. The van der Waals surface area contributed by atoms with Crippen LogP contribution in [0.25, 0.3) is 0 Å². The molecule has 0 radical (unpaired) electrons. The topological polar surface area (TPSA) is 42.7 Å². The first-order valence-electron chi connectivity index (χ1n) is 6.77. The summed E-state index contributed by atoms with van der Waals surface area (Å²) in [6, 6.07) is 2.12. The van der Waals surface area contributed by atoms with E-state index in [9.17, 15) is 0 Å². The van der Waals surface area contributed by atoms with Crippen LogP contribution in [0.3, 0.4) is 0 Å². The Morgan fingerprint density at radius 1 is 1.26 bits per heavy atom. The highest BCUT2D eigenvalue weighted by molar-refractivity contribution is 7.09. The zero-order chi connectivity index (χ0) is 13.7. The third-order valence-corrected chi connectivity index (χ3v) is 4.20. The van der Waals surface area contributed by atoms with Crippen LogP contribution >= 0.6 is 11.3 Å². The molecular weight excluding hydrogens is 256 g/mol. The van der Waals surface area contributed by atoms with Crippen molar-refractivity contribution in [2.24, 2.45) is 0 Å². The van der Waals surface area contributed by atoms with Crippen LogP contribution in [-0.2, 0) is 13.0 Å². The quantitative estimate of drug-likeness (QED) is 0.791. The molecule has 19 heavy (non-hydrogen) atoms. The molecule has 2 heterocycles. The SMILES string of the molecule is Cc1cc(C)n(CCCNCCc2scnc2C)n1. The Labute approximate surface area is 118 Å².